The van der Waals surface area contributed by atoms with Crippen LogP contribution in [-0.4, -0.2) is 12.1 Å². The van der Waals surface area contributed by atoms with E-state index >= 15 is 0 Å². The van der Waals surface area contributed by atoms with Gasteiger partial charge in [-0.15, -0.1) is 0 Å². The molecule has 2 aliphatic carbocycles. The largest absolute Gasteiger partial charge is 0.490 e. The van der Waals surface area contributed by atoms with Crippen LogP contribution in [0.5, 0.6) is 5.75 Å². The summed E-state index contributed by atoms with van der Waals surface area (Å²) in [6.07, 6.45) is 6.07. The minimum atomic E-state index is 0.203. The minimum absolute atomic E-state index is 0.203. The second kappa shape index (κ2) is 4.59. The van der Waals surface area contributed by atoms with Gasteiger partial charge >= 0.3 is 0 Å². The van der Waals surface area contributed by atoms with Gasteiger partial charge < -0.3 is 10.5 Å². The third-order valence-corrected chi connectivity index (χ3v) is 4.93. The van der Waals surface area contributed by atoms with E-state index < -0.39 is 0 Å². The van der Waals surface area contributed by atoms with Gasteiger partial charge in [-0.2, -0.15) is 0 Å². The lowest BCUT2D eigenvalue weighted by Gasteiger charge is -2.52. The third kappa shape index (κ3) is 2.01. The number of rotatable bonds is 2. The van der Waals surface area contributed by atoms with Crippen molar-refractivity contribution in [3.63, 3.8) is 0 Å². The smallest absolute Gasteiger partial charge is 0.122 e. The maximum Gasteiger partial charge on any atom is 0.122 e. The van der Waals surface area contributed by atoms with Crippen LogP contribution in [0.15, 0.2) is 18.2 Å². The zero-order valence-corrected chi connectivity index (χ0v) is 11.7. The summed E-state index contributed by atoms with van der Waals surface area (Å²) in [5, 5.41) is 1.23. The van der Waals surface area contributed by atoms with E-state index in [0.717, 1.165) is 12.2 Å². The maximum atomic E-state index is 6.19. The lowest BCUT2D eigenvalue weighted by molar-refractivity contribution is -0.0619. The third-order valence-electron chi connectivity index (χ3n) is 4.50. The van der Waals surface area contributed by atoms with Gasteiger partial charge in [0, 0.05) is 27.9 Å². The first-order valence-corrected chi connectivity index (χ1v) is 7.24. The molecule has 2 unspecified atom stereocenters. The molecule has 0 radical (unpaired) electrons. The molecular formula is C14H17Cl2NO. The van der Waals surface area contributed by atoms with Crippen LogP contribution in [0.1, 0.15) is 32.1 Å². The molecule has 2 saturated carbocycles. The number of hydrogen-bond donors (Lipinski definition) is 1. The molecule has 0 aromatic heterocycles. The molecule has 0 bridgehead atoms. The average molecular weight is 286 g/mol. The Morgan fingerprint density at radius 2 is 1.72 bits per heavy atom. The monoisotopic (exact) mass is 285 g/mol. The van der Waals surface area contributed by atoms with E-state index in [4.69, 9.17) is 33.7 Å². The van der Waals surface area contributed by atoms with Crippen LogP contribution in [0, 0.1) is 5.41 Å². The summed E-state index contributed by atoms with van der Waals surface area (Å²) in [4.78, 5) is 0. The van der Waals surface area contributed by atoms with Crippen LogP contribution in [0.3, 0.4) is 0 Å². The van der Waals surface area contributed by atoms with E-state index in [9.17, 15) is 0 Å². The first kappa shape index (κ1) is 12.6. The summed E-state index contributed by atoms with van der Waals surface area (Å²) in [6.45, 7) is 0. The van der Waals surface area contributed by atoms with E-state index in [-0.39, 0.29) is 11.5 Å². The highest BCUT2D eigenvalue weighted by atomic mass is 35.5. The molecule has 0 saturated heterocycles. The molecule has 2 fully saturated rings. The normalized spacial score (nSPS) is 29.3. The van der Waals surface area contributed by atoms with Gasteiger partial charge in [0.1, 0.15) is 11.9 Å². The quantitative estimate of drug-likeness (QED) is 0.890. The summed E-state index contributed by atoms with van der Waals surface area (Å²) in [5.74, 6) is 0.760. The van der Waals surface area contributed by atoms with Crippen molar-refractivity contribution in [2.24, 2.45) is 11.1 Å². The molecule has 0 heterocycles. The van der Waals surface area contributed by atoms with Crippen molar-refractivity contribution in [2.75, 3.05) is 0 Å². The highest BCUT2D eigenvalue weighted by Crippen LogP contribution is 2.53. The van der Waals surface area contributed by atoms with Gasteiger partial charge in [-0.1, -0.05) is 36.0 Å². The van der Waals surface area contributed by atoms with E-state index in [1.807, 2.05) is 12.1 Å². The molecule has 1 aromatic rings. The van der Waals surface area contributed by atoms with Gasteiger partial charge in [0.2, 0.25) is 0 Å². The van der Waals surface area contributed by atoms with E-state index in [1.165, 1.54) is 25.7 Å². The molecule has 0 aliphatic heterocycles. The van der Waals surface area contributed by atoms with Gasteiger partial charge in [0.15, 0.2) is 0 Å². The van der Waals surface area contributed by atoms with Crippen LogP contribution >= 0.6 is 23.2 Å². The fourth-order valence-corrected chi connectivity index (χ4v) is 3.94. The predicted octanol–water partition coefficient (Wildman–Crippen LogP) is 4.03. The zero-order chi connectivity index (χ0) is 12.8. The van der Waals surface area contributed by atoms with Crippen LogP contribution in [0.2, 0.25) is 10.0 Å². The van der Waals surface area contributed by atoms with E-state index in [2.05, 4.69) is 0 Å². The second-order valence-electron chi connectivity index (χ2n) is 5.49. The summed E-state index contributed by atoms with van der Waals surface area (Å²) < 4.78 is 6.07. The molecule has 1 aromatic carbocycles. The number of ether oxygens (including phenoxy) is 1. The number of nitrogens with two attached hydrogens (primary N) is 1. The number of benzene rings is 1. The van der Waals surface area contributed by atoms with Crippen LogP contribution in [-0.2, 0) is 0 Å². The Kier molecular flexibility index (Phi) is 3.21. The van der Waals surface area contributed by atoms with Crippen molar-refractivity contribution in [2.45, 2.75) is 44.2 Å². The van der Waals surface area contributed by atoms with Gasteiger partial charge in [0.05, 0.1) is 0 Å². The standard InChI is InChI=1S/C14H17Cl2NO/c15-9-5-10(16)7-11(6-9)18-13-8-12(17)14(13)3-1-2-4-14/h5-7,12-13H,1-4,8,17H2. The first-order chi connectivity index (χ1) is 8.60. The summed E-state index contributed by atoms with van der Waals surface area (Å²) in [5.41, 5.74) is 6.39. The van der Waals surface area contributed by atoms with E-state index in [0.29, 0.717) is 16.1 Å². The van der Waals surface area contributed by atoms with Gasteiger partial charge in [-0.05, 0) is 31.0 Å². The Labute approximate surface area is 117 Å². The van der Waals surface area contributed by atoms with Crippen molar-refractivity contribution < 1.29 is 4.74 Å². The van der Waals surface area contributed by atoms with Crippen LogP contribution in [0.4, 0.5) is 0 Å². The predicted molar refractivity (Wildman–Crippen MR) is 74.4 cm³/mol. The van der Waals surface area contributed by atoms with Crippen molar-refractivity contribution in [1.29, 1.82) is 0 Å². The Bertz CT molecular complexity index is 437. The molecule has 4 heteroatoms. The molecular weight excluding hydrogens is 269 g/mol. The Hall–Kier alpha value is -0.440. The fraction of sp³-hybridized carbons (Fsp3) is 0.571. The molecule has 2 N–H and O–H groups in total. The molecule has 2 nitrogen and oxygen atoms in total. The van der Waals surface area contributed by atoms with Crippen molar-refractivity contribution >= 4 is 23.2 Å². The van der Waals surface area contributed by atoms with Crippen LogP contribution in [0.25, 0.3) is 0 Å². The molecule has 1 spiro atoms. The molecule has 3 rings (SSSR count). The molecule has 2 atom stereocenters. The maximum absolute atomic E-state index is 6.19. The minimum Gasteiger partial charge on any atom is -0.490 e. The van der Waals surface area contributed by atoms with Gasteiger partial charge in [0.25, 0.3) is 0 Å². The van der Waals surface area contributed by atoms with Crippen molar-refractivity contribution in [1.82, 2.24) is 0 Å². The van der Waals surface area contributed by atoms with E-state index in [1.54, 1.807) is 6.07 Å². The SMILES string of the molecule is NC1CC(Oc2cc(Cl)cc(Cl)c2)C12CCCC2. The summed E-state index contributed by atoms with van der Waals surface area (Å²) in [6, 6.07) is 5.65. The molecule has 2 aliphatic rings. The number of hydrogen-bond acceptors (Lipinski definition) is 2. The summed E-state index contributed by atoms with van der Waals surface area (Å²) >= 11 is 12.0. The topological polar surface area (TPSA) is 35.2 Å². The molecule has 18 heavy (non-hydrogen) atoms. The highest BCUT2D eigenvalue weighted by molar-refractivity contribution is 6.34. The fourth-order valence-electron chi connectivity index (χ4n) is 3.43. The molecule has 0 amide bonds. The van der Waals surface area contributed by atoms with Crippen LogP contribution < -0.4 is 10.5 Å². The van der Waals surface area contributed by atoms with Gasteiger partial charge in [-0.25, -0.2) is 0 Å². The number of halogens is 2. The zero-order valence-electron chi connectivity index (χ0n) is 10.2. The summed E-state index contributed by atoms with van der Waals surface area (Å²) in [7, 11) is 0. The van der Waals surface area contributed by atoms with Gasteiger partial charge in [-0.3, -0.25) is 0 Å². The average Bonchev–Trinajstić information content (AvgIpc) is 2.79. The lowest BCUT2D eigenvalue weighted by atomic mass is 9.61. The Morgan fingerprint density at radius 1 is 1.11 bits per heavy atom. The first-order valence-electron chi connectivity index (χ1n) is 6.48. The highest BCUT2D eigenvalue weighted by Gasteiger charge is 2.56. The van der Waals surface area contributed by atoms with Crippen molar-refractivity contribution in [3.05, 3.63) is 28.2 Å². The second-order valence-corrected chi connectivity index (χ2v) is 6.37. The Balaban J connectivity index is 1.77. The lowest BCUT2D eigenvalue weighted by Crippen LogP contribution is -2.62. The molecule has 98 valence electrons. The Morgan fingerprint density at radius 3 is 2.28 bits per heavy atom. The van der Waals surface area contributed by atoms with Crippen molar-refractivity contribution in [3.8, 4) is 5.75 Å².